The quantitative estimate of drug-likeness (QED) is 0.701. The van der Waals surface area contributed by atoms with Crippen LogP contribution in [0.25, 0.3) is 0 Å². The molecule has 136 valence electrons. The zero-order chi connectivity index (χ0) is 17.7. The molecule has 2 aliphatic rings. The highest BCUT2D eigenvalue weighted by Gasteiger charge is 2.33. The van der Waals surface area contributed by atoms with Gasteiger partial charge in [-0.1, -0.05) is 32.1 Å². The third-order valence-electron chi connectivity index (χ3n) is 5.63. The minimum absolute atomic E-state index is 0.0521. The fraction of sp³-hybridized carbons (Fsp3) is 0.750. The van der Waals surface area contributed by atoms with Crippen LogP contribution in [0.3, 0.4) is 0 Å². The van der Waals surface area contributed by atoms with Crippen molar-refractivity contribution in [2.45, 2.75) is 64.6 Å². The number of methoxy groups -OCH3 is 1. The van der Waals surface area contributed by atoms with Crippen LogP contribution in [-0.2, 0) is 9.53 Å². The first-order chi connectivity index (χ1) is 11.4. The number of aliphatic hydroxyl groups excluding tert-OH is 2. The number of esters is 1. The maximum Gasteiger partial charge on any atom is 0.308 e. The van der Waals surface area contributed by atoms with Crippen molar-refractivity contribution in [2.75, 3.05) is 7.11 Å². The molecular weight excluding hydrogens is 304 g/mol. The maximum absolute atomic E-state index is 11.2. The van der Waals surface area contributed by atoms with E-state index in [9.17, 15) is 15.0 Å². The van der Waals surface area contributed by atoms with E-state index in [-0.39, 0.29) is 12.8 Å². The van der Waals surface area contributed by atoms with Crippen LogP contribution in [0.15, 0.2) is 23.8 Å². The topological polar surface area (TPSA) is 66.8 Å². The van der Waals surface area contributed by atoms with Gasteiger partial charge in [-0.05, 0) is 61.3 Å². The van der Waals surface area contributed by atoms with Crippen LogP contribution in [0.4, 0.5) is 0 Å². The number of ether oxygens (including phenoxy) is 1. The normalized spacial score (nSPS) is 31.8. The van der Waals surface area contributed by atoms with E-state index >= 15 is 0 Å². The Morgan fingerprint density at radius 1 is 1.29 bits per heavy atom. The van der Waals surface area contributed by atoms with Crippen molar-refractivity contribution in [2.24, 2.45) is 23.7 Å². The first kappa shape index (κ1) is 19.2. The third kappa shape index (κ3) is 5.18. The van der Waals surface area contributed by atoms with Gasteiger partial charge < -0.3 is 14.9 Å². The predicted molar refractivity (Wildman–Crippen MR) is 94.3 cm³/mol. The number of allylic oxidation sites excluding steroid dienone is 4. The molecule has 0 bridgehead atoms. The molecule has 0 fully saturated rings. The molecule has 0 spiro atoms. The van der Waals surface area contributed by atoms with Crippen LogP contribution in [0.1, 0.15) is 52.4 Å². The molecule has 2 rings (SSSR count). The molecule has 0 aromatic carbocycles. The monoisotopic (exact) mass is 336 g/mol. The number of hydrogen-bond acceptors (Lipinski definition) is 4. The fourth-order valence-electron chi connectivity index (χ4n) is 4.20. The van der Waals surface area contributed by atoms with E-state index in [0.29, 0.717) is 30.1 Å². The molecular formula is C20H32O4. The Balaban J connectivity index is 1.85. The molecule has 0 radical (unpaired) electrons. The van der Waals surface area contributed by atoms with E-state index in [1.54, 1.807) is 0 Å². The summed E-state index contributed by atoms with van der Waals surface area (Å²) in [6.45, 7) is 4.53. The van der Waals surface area contributed by atoms with Gasteiger partial charge in [0.05, 0.1) is 25.7 Å². The maximum atomic E-state index is 11.2. The molecule has 2 aliphatic carbocycles. The minimum Gasteiger partial charge on any atom is -0.469 e. The fourth-order valence-corrected chi connectivity index (χ4v) is 4.20. The van der Waals surface area contributed by atoms with Gasteiger partial charge in [0.2, 0.25) is 0 Å². The van der Waals surface area contributed by atoms with Crippen LogP contribution in [0.2, 0.25) is 0 Å². The van der Waals surface area contributed by atoms with Crippen molar-refractivity contribution < 1.29 is 19.7 Å². The highest BCUT2D eigenvalue weighted by atomic mass is 16.5. The average molecular weight is 336 g/mol. The van der Waals surface area contributed by atoms with E-state index in [4.69, 9.17) is 0 Å². The summed E-state index contributed by atoms with van der Waals surface area (Å²) in [6.07, 6.45) is 9.86. The van der Waals surface area contributed by atoms with Gasteiger partial charge in [-0.3, -0.25) is 4.79 Å². The Morgan fingerprint density at radius 2 is 2.04 bits per heavy atom. The summed E-state index contributed by atoms with van der Waals surface area (Å²) in [5, 5.41) is 20.1. The van der Waals surface area contributed by atoms with Crippen molar-refractivity contribution in [1.82, 2.24) is 0 Å². The van der Waals surface area contributed by atoms with Crippen LogP contribution in [0, 0.1) is 23.7 Å². The first-order valence-corrected chi connectivity index (χ1v) is 9.23. The summed E-state index contributed by atoms with van der Waals surface area (Å²) in [5.74, 6) is 1.91. The highest BCUT2D eigenvalue weighted by Crippen LogP contribution is 2.43. The number of aliphatic hydroxyl groups is 2. The van der Waals surface area contributed by atoms with E-state index in [1.165, 1.54) is 25.5 Å². The number of carbonyl (C=O) groups is 1. The van der Waals surface area contributed by atoms with E-state index in [1.807, 2.05) is 0 Å². The SMILES string of the molecule is COC(=O)C[C@H](O)C[C@H](O)CC[C@H]1[C@@H](C)C=CC2=C[C@H](C)CC[C@@H]21. The molecule has 0 amide bonds. The van der Waals surface area contributed by atoms with Crippen molar-refractivity contribution in [3.05, 3.63) is 23.8 Å². The zero-order valence-electron chi connectivity index (χ0n) is 15.1. The molecule has 0 aromatic rings. The van der Waals surface area contributed by atoms with Gasteiger partial charge in [0, 0.05) is 0 Å². The molecule has 4 heteroatoms. The molecule has 6 atom stereocenters. The van der Waals surface area contributed by atoms with Gasteiger partial charge in [-0.2, -0.15) is 0 Å². The first-order valence-electron chi connectivity index (χ1n) is 9.23. The Morgan fingerprint density at radius 3 is 2.75 bits per heavy atom. The van der Waals surface area contributed by atoms with Gasteiger partial charge in [0.25, 0.3) is 0 Å². The zero-order valence-corrected chi connectivity index (χ0v) is 15.1. The third-order valence-corrected chi connectivity index (χ3v) is 5.63. The van der Waals surface area contributed by atoms with Gasteiger partial charge in [-0.15, -0.1) is 0 Å². The van der Waals surface area contributed by atoms with E-state index in [0.717, 1.165) is 6.42 Å². The summed E-state index contributed by atoms with van der Waals surface area (Å²) in [6, 6.07) is 0. The molecule has 0 heterocycles. The Kier molecular flexibility index (Phi) is 7.05. The van der Waals surface area contributed by atoms with Gasteiger partial charge in [0.15, 0.2) is 0 Å². The van der Waals surface area contributed by atoms with Crippen LogP contribution in [0.5, 0.6) is 0 Å². The lowest BCUT2D eigenvalue weighted by Gasteiger charge is -2.39. The molecule has 2 N–H and O–H groups in total. The average Bonchev–Trinajstić information content (AvgIpc) is 2.53. The molecule has 0 aliphatic heterocycles. The lowest BCUT2D eigenvalue weighted by atomic mass is 9.66. The van der Waals surface area contributed by atoms with Crippen molar-refractivity contribution in [3.63, 3.8) is 0 Å². The molecule has 24 heavy (non-hydrogen) atoms. The summed E-state index contributed by atoms with van der Waals surface area (Å²) in [4.78, 5) is 11.2. The van der Waals surface area contributed by atoms with Gasteiger partial charge in [-0.25, -0.2) is 0 Å². The largest absolute Gasteiger partial charge is 0.469 e. The van der Waals surface area contributed by atoms with Crippen molar-refractivity contribution >= 4 is 5.97 Å². The standard InChI is InChI=1S/C20H32O4/c1-13-4-8-19-15(10-13)6-5-14(2)18(19)9-7-16(21)11-17(22)12-20(23)24-3/h5-6,10,13-14,16-19,21-22H,4,7-9,11-12H2,1-3H3/t13-,14+,16-,17-,18+,19+/m1/s1. The highest BCUT2D eigenvalue weighted by molar-refractivity contribution is 5.69. The smallest absolute Gasteiger partial charge is 0.308 e. The number of fused-ring (bicyclic) bond motifs is 1. The summed E-state index contributed by atoms with van der Waals surface area (Å²) < 4.78 is 4.55. The van der Waals surface area contributed by atoms with Gasteiger partial charge >= 0.3 is 5.97 Å². The Hall–Kier alpha value is -1.13. The molecule has 0 unspecified atom stereocenters. The van der Waals surface area contributed by atoms with Crippen LogP contribution < -0.4 is 0 Å². The summed E-state index contributed by atoms with van der Waals surface area (Å²) in [5.41, 5.74) is 1.47. The number of carbonyl (C=O) groups excluding carboxylic acids is 1. The Bertz CT molecular complexity index is 482. The van der Waals surface area contributed by atoms with Crippen LogP contribution in [-0.4, -0.2) is 35.5 Å². The molecule has 0 saturated carbocycles. The number of rotatable bonds is 7. The van der Waals surface area contributed by atoms with Crippen molar-refractivity contribution in [3.8, 4) is 0 Å². The summed E-state index contributed by atoms with van der Waals surface area (Å²) >= 11 is 0. The van der Waals surface area contributed by atoms with Gasteiger partial charge in [0.1, 0.15) is 0 Å². The summed E-state index contributed by atoms with van der Waals surface area (Å²) in [7, 11) is 1.31. The molecule has 0 saturated heterocycles. The molecule has 0 aromatic heterocycles. The molecule has 4 nitrogen and oxygen atoms in total. The van der Waals surface area contributed by atoms with Crippen molar-refractivity contribution in [1.29, 1.82) is 0 Å². The second-order valence-electron chi connectivity index (χ2n) is 7.61. The second kappa shape index (κ2) is 8.82. The second-order valence-corrected chi connectivity index (χ2v) is 7.61. The lowest BCUT2D eigenvalue weighted by molar-refractivity contribution is -0.143. The van der Waals surface area contributed by atoms with E-state index < -0.39 is 18.2 Å². The minimum atomic E-state index is -0.831. The lowest BCUT2D eigenvalue weighted by Crippen LogP contribution is -2.30. The predicted octanol–water partition coefficient (Wildman–Crippen LogP) is 3.24. The van der Waals surface area contributed by atoms with E-state index in [2.05, 4.69) is 36.8 Å². The van der Waals surface area contributed by atoms with Crippen LogP contribution >= 0.6 is 0 Å². The number of hydrogen-bond donors (Lipinski definition) is 2. The Labute approximate surface area is 145 Å².